The highest BCUT2D eigenvalue weighted by molar-refractivity contribution is 5.88. The molecule has 5 heteroatoms. The summed E-state index contributed by atoms with van der Waals surface area (Å²) in [4.78, 5) is 25.7. The predicted molar refractivity (Wildman–Crippen MR) is 70.9 cm³/mol. The van der Waals surface area contributed by atoms with Crippen LogP contribution in [0.4, 0.5) is 0 Å². The molecule has 1 saturated carbocycles. The zero-order chi connectivity index (χ0) is 13.8. The van der Waals surface area contributed by atoms with E-state index < -0.39 is 5.41 Å². The SMILES string of the molecule is CCNC(=O)CN(CC)C(=O)C1(C)CCCC1N. The largest absolute Gasteiger partial charge is 0.355 e. The normalized spacial score (nSPS) is 27.0. The molecular formula is C13H25N3O2. The van der Waals surface area contributed by atoms with E-state index in [4.69, 9.17) is 5.73 Å². The Morgan fingerprint density at radius 1 is 1.44 bits per heavy atom. The van der Waals surface area contributed by atoms with Crippen molar-refractivity contribution in [2.75, 3.05) is 19.6 Å². The zero-order valence-corrected chi connectivity index (χ0v) is 11.7. The Labute approximate surface area is 109 Å². The summed E-state index contributed by atoms with van der Waals surface area (Å²) in [6.45, 7) is 6.93. The maximum atomic E-state index is 12.5. The van der Waals surface area contributed by atoms with Crippen molar-refractivity contribution < 1.29 is 9.59 Å². The van der Waals surface area contributed by atoms with Crippen LogP contribution in [0.2, 0.25) is 0 Å². The van der Waals surface area contributed by atoms with Gasteiger partial charge in [0, 0.05) is 19.1 Å². The number of nitrogens with zero attached hydrogens (tertiary/aromatic N) is 1. The fourth-order valence-electron chi connectivity index (χ4n) is 2.57. The molecule has 2 unspecified atom stereocenters. The number of hydrogen-bond donors (Lipinski definition) is 2. The van der Waals surface area contributed by atoms with Crippen LogP contribution in [0, 0.1) is 5.41 Å². The molecule has 0 heterocycles. The van der Waals surface area contributed by atoms with Crippen molar-refractivity contribution in [2.45, 2.75) is 46.1 Å². The molecule has 0 saturated heterocycles. The van der Waals surface area contributed by atoms with Gasteiger partial charge in [0.25, 0.3) is 0 Å². The molecule has 2 atom stereocenters. The lowest BCUT2D eigenvalue weighted by Gasteiger charge is -2.33. The molecule has 5 nitrogen and oxygen atoms in total. The van der Waals surface area contributed by atoms with Crippen molar-refractivity contribution in [3.8, 4) is 0 Å². The van der Waals surface area contributed by atoms with E-state index in [-0.39, 0.29) is 24.4 Å². The minimum absolute atomic E-state index is 0.0150. The smallest absolute Gasteiger partial charge is 0.239 e. The molecule has 0 aromatic carbocycles. The Morgan fingerprint density at radius 2 is 2.11 bits per heavy atom. The standard InChI is InChI=1S/C13H25N3O2/c1-4-15-11(17)9-16(5-2)12(18)13(3)8-6-7-10(13)14/h10H,4-9,14H2,1-3H3,(H,15,17). The Hall–Kier alpha value is -1.10. The number of nitrogens with two attached hydrogens (primary N) is 1. The van der Waals surface area contributed by atoms with E-state index >= 15 is 0 Å². The second kappa shape index (κ2) is 6.18. The molecule has 18 heavy (non-hydrogen) atoms. The van der Waals surface area contributed by atoms with Crippen molar-refractivity contribution in [3.63, 3.8) is 0 Å². The first kappa shape index (κ1) is 15.0. The molecule has 1 aliphatic carbocycles. The van der Waals surface area contributed by atoms with Gasteiger partial charge in [0.2, 0.25) is 11.8 Å². The third-order valence-corrected chi connectivity index (χ3v) is 3.90. The van der Waals surface area contributed by atoms with Crippen molar-refractivity contribution in [3.05, 3.63) is 0 Å². The summed E-state index contributed by atoms with van der Waals surface area (Å²) >= 11 is 0. The second-order valence-corrected chi connectivity index (χ2v) is 5.19. The lowest BCUT2D eigenvalue weighted by molar-refractivity contribution is -0.144. The van der Waals surface area contributed by atoms with Crippen molar-refractivity contribution in [1.29, 1.82) is 0 Å². The van der Waals surface area contributed by atoms with Crippen LogP contribution >= 0.6 is 0 Å². The molecule has 3 N–H and O–H groups in total. The number of likely N-dealkylation sites (N-methyl/N-ethyl adjacent to an activating group) is 2. The van der Waals surface area contributed by atoms with Crippen LogP contribution in [0.1, 0.15) is 40.0 Å². The van der Waals surface area contributed by atoms with E-state index in [0.29, 0.717) is 13.1 Å². The molecule has 0 aromatic rings. The second-order valence-electron chi connectivity index (χ2n) is 5.19. The van der Waals surface area contributed by atoms with Gasteiger partial charge in [0.1, 0.15) is 0 Å². The first-order valence-electron chi connectivity index (χ1n) is 6.77. The molecule has 0 radical (unpaired) electrons. The van der Waals surface area contributed by atoms with Gasteiger partial charge in [-0.15, -0.1) is 0 Å². The Balaban J connectivity index is 2.70. The van der Waals surface area contributed by atoms with Gasteiger partial charge in [-0.05, 0) is 33.6 Å². The average molecular weight is 255 g/mol. The fraction of sp³-hybridized carbons (Fsp3) is 0.846. The van der Waals surface area contributed by atoms with E-state index in [2.05, 4.69) is 5.32 Å². The van der Waals surface area contributed by atoms with Gasteiger partial charge in [-0.1, -0.05) is 6.42 Å². The predicted octanol–water partition coefficient (Wildman–Crippen LogP) is 0.489. The molecular weight excluding hydrogens is 230 g/mol. The van der Waals surface area contributed by atoms with Crippen molar-refractivity contribution >= 4 is 11.8 Å². The van der Waals surface area contributed by atoms with Gasteiger partial charge in [-0.25, -0.2) is 0 Å². The van der Waals surface area contributed by atoms with Crippen LogP contribution in [-0.4, -0.2) is 42.4 Å². The fourth-order valence-corrected chi connectivity index (χ4v) is 2.57. The van der Waals surface area contributed by atoms with Gasteiger partial charge >= 0.3 is 0 Å². The summed E-state index contributed by atoms with van der Waals surface area (Å²) in [5, 5.41) is 2.72. The van der Waals surface area contributed by atoms with Crippen LogP contribution in [0.5, 0.6) is 0 Å². The van der Waals surface area contributed by atoms with Gasteiger partial charge in [-0.3, -0.25) is 9.59 Å². The maximum absolute atomic E-state index is 12.5. The average Bonchev–Trinajstić information content (AvgIpc) is 2.67. The maximum Gasteiger partial charge on any atom is 0.239 e. The first-order valence-corrected chi connectivity index (χ1v) is 6.77. The number of nitrogens with one attached hydrogen (secondary N) is 1. The topological polar surface area (TPSA) is 75.4 Å². The lowest BCUT2D eigenvalue weighted by atomic mass is 9.83. The van der Waals surface area contributed by atoms with E-state index in [1.165, 1.54) is 0 Å². The highest BCUT2D eigenvalue weighted by Crippen LogP contribution is 2.38. The summed E-state index contributed by atoms with van der Waals surface area (Å²) in [6.07, 6.45) is 2.70. The van der Waals surface area contributed by atoms with E-state index in [9.17, 15) is 9.59 Å². The summed E-state index contributed by atoms with van der Waals surface area (Å²) < 4.78 is 0. The molecule has 0 aromatic heterocycles. The van der Waals surface area contributed by atoms with Crippen molar-refractivity contribution in [2.24, 2.45) is 11.1 Å². The number of carbonyl (C=O) groups is 2. The minimum Gasteiger partial charge on any atom is -0.355 e. The quantitative estimate of drug-likeness (QED) is 0.750. The third-order valence-electron chi connectivity index (χ3n) is 3.90. The molecule has 1 aliphatic rings. The molecule has 0 aliphatic heterocycles. The van der Waals surface area contributed by atoms with Gasteiger partial charge in [-0.2, -0.15) is 0 Å². The number of rotatable bonds is 5. The van der Waals surface area contributed by atoms with Gasteiger partial charge < -0.3 is 16.0 Å². The van der Waals surface area contributed by atoms with Gasteiger partial charge in [0.05, 0.1) is 12.0 Å². The monoisotopic (exact) mass is 255 g/mol. The van der Waals surface area contributed by atoms with Crippen LogP contribution in [-0.2, 0) is 9.59 Å². The molecule has 1 fully saturated rings. The summed E-state index contributed by atoms with van der Waals surface area (Å²) in [5.41, 5.74) is 5.55. The van der Waals surface area contributed by atoms with Crippen LogP contribution < -0.4 is 11.1 Å². The summed E-state index contributed by atoms with van der Waals surface area (Å²) in [7, 11) is 0. The van der Waals surface area contributed by atoms with E-state index in [1.807, 2.05) is 20.8 Å². The lowest BCUT2D eigenvalue weighted by Crippen LogP contribution is -2.51. The molecule has 0 spiro atoms. The zero-order valence-electron chi connectivity index (χ0n) is 11.7. The highest BCUT2D eigenvalue weighted by Gasteiger charge is 2.44. The minimum atomic E-state index is -0.498. The summed E-state index contributed by atoms with van der Waals surface area (Å²) in [6, 6.07) is -0.0895. The molecule has 2 amide bonds. The Kier molecular flexibility index (Phi) is 5.14. The summed E-state index contributed by atoms with van der Waals surface area (Å²) in [5.74, 6) is -0.0934. The number of hydrogen-bond acceptors (Lipinski definition) is 3. The van der Waals surface area contributed by atoms with Crippen LogP contribution in [0.15, 0.2) is 0 Å². The number of amides is 2. The first-order chi connectivity index (χ1) is 8.45. The third kappa shape index (κ3) is 3.02. The van der Waals surface area contributed by atoms with Gasteiger partial charge in [0.15, 0.2) is 0 Å². The Morgan fingerprint density at radius 3 is 2.56 bits per heavy atom. The van der Waals surface area contributed by atoms with Crippen molar-refractivity contribution in [1.82, 2.24) is 10.2 Å². The molecule has 0 bridgehead atoms. The van der Waals surface area contributed by atoms with Crippen LogP contribution in [0.25, 0.3) is 0 Å². The molecule has 1 rings (SSSR count). The Bertz CT molecular complexity index is 319. The van der Waals surface area contributed by atoms with E-state index in [1.54, 1.807) is 4.90 Å². The van der Waals surface area contributed by atoms with E-state index in [0.717, 1.165) is 19.3 Å². The van der Waals surface area contributed by atoms with Crippen LogP contribution in [0.3, 0.4) is 0 Å². The molecule has 104 valence electrons. The number of carbonyl (C=O) groups excluding carboxylic acids is 2. The highest BCUT2D eigenvalue weighted by atomic mass is 16.2.